The summed E-state index contributed by atoms with van der Waals surface area (Å²) >= 11 is 5.97. The summed E-state index contributed by atoms with van der Waals surface area (Å²) in [6, 6.07) is 5.40. The SMILES string of the molecule is N/C(=C\c1c[nH]c2c(Cl)cccc12)C(=O)O. The number of nitrogens with two attached hydrogens (primary N) is 1. The lowest BCUT2D eigenvalue weighted by Crippen LogP contribution is -2.09. The van der Waals surface area contributed by atoms with Crippen LogP contribution in [0.5, 0.6) is 0 Å². The number of hydrogen-bond donors (Lipinski definition) is 3. The minimum absolute atomic E-state index is 0.208. The van der Waals surface area contributed by atoms with Crippen molar-refractivity contribution in [3.63, 3.8) is 0 Å². The normalized spacial score (nSPS) is 11.9. The van der Waals surface area contributed by atoms with Gasteiger partial charge in [0.05, 0.1) is 10.5 Å². The molecule has 0 unspecified atom stereocenters. The van der Waals surface area contributed by atoms with Gasteiger partial charge in [-0.25, -0.2) is 4.79 Å². The quantitative estimate of drug-likeness (QED) is 0.700. The van der Waals surface area contributed by atoms with E-state index in [4.69, 9.17) is 22.4 Å². The largest absolute Gasteiger partial charge is 0.477 e. The van der Waals surface area contributed by atoms with Gasteiger partial charge in [0, 0.05) is 17.1 Å². The van der Waals surface area contributed by atoms with Gasteiger partial charge in [0.25, 0.3) is 0 Å². The number of aliphatic carboxylic acids is 1. The van der Waals surface area contributed by atoms with Crippen LogP contribution in [0.3, 0.4) is 0 Å². The van der Waals surface area contributed by atoms with Crippen molar-refractivity contribution in [3.05, 3.63) is 40.7 Å². The standard InChI is InChI=1S/C11H9ClN2O2/c12-8-3-1-2-7-6(5-14-10(7)8)4-9(13)11(15)16/h1-5,14H,13H2,(H,15,16)/b9-4-. The predicted molar refractivity (Wildman–Crippen MR) is 63.1 cm³/mol. The summed E-state index contributed by atoms with van der Waals surface area (Å²) in [4.78, 5) is 13.6. The highest BCUT2D eigenvalue weighted by Gasteiger charge is 2.07. The third kappa shape index (κ3) is 1.75. The Kier molecular flexibility index (Phi) is 2.58. The Hall–Kier alpha value is -1.94. The molecule has 4 N–H and O–H groups in total. The monoisotopic (exact) mass is 236 g/mol. The van der Waals surface area contributed by atoms with E-state index in [1.807, 2.05) is 6.07 Å². The lowest BCUT2D eigenvalue weighted by molar-refractivity contribution is -0.132. The van der Waals surface area contributed by atoms with Crippen LogP contribution in [0.4, 0.5) is 0 Å². The molecule has 0 atom stereocenters. The molecule has 0 aliphatic rings. The second-order valence-electron chi connectivity index (χ2n) is 3.31. The number of aromatic nitrogens is 1. The number of rotatable bonds is 2. The number of para-hydroxylation sites is 1. The number of hydrogen-bond acceptors (Lipinski definition) is 2. The second kappa shape index (κ2) is 3.90. The summed E-state index contributed by atoms with van der Waals surface area (Å²) in [5, 5.41) is 10.1. The molecule has 0 spiro atoms. The third-order valence-corrected chi connectivity index (χ3v) is 2.57. The maximum absolute atomic E-state index is 10.6. The molecule has 1 heterocycles. The molecule has 0 aliphatic carbocycles. The van der Waals surface area contributed by atoms with Crippen molar-refractivity contribution in [1.82, 2.24) is 4.98 Å². The summed E-state index contributed by atoms with van der Waals surface area (Å²) in [6.07, 6.45) is 3.07. The molecule has 0 saturated carbocycles. The lowest BCUT2D eigenvalue weighted by Gasteiger charge is -1.95. The first kappa shape index (κ1) is 10.6. The van der Waals surface area contributed by atoms with E-state index in [2.05, 4.69) is 4.98 Å². The zero-order chi connectivity index (χ0) is 11.7. The molecule has 0 radical (unpaired) electrons. The molecule has 2 aromatic rings. The predicted octanol–water partition coefficient (Wildman–Crippen LogP) is 2.21. The van der Waals surface area contributed by atoms with E-state index in [-0.39, 0.29) is 5.70 Å². The molecule has 4 nitrogen and oxygen atoms in total. The number of halogens is 1. The molecule has 0 fully saturated rings. The van der Waals surface area contributed by atoms with Gasteiger partial charge in [-0.1, -0.05) is 23.7 Å². The number of benzene rings is 1. The molecule has 5 heteroatoms. The highest BCUT2D eigenvalue weighted by molar-refractivity contribution is 6.35. The molecule has 0 bridgehead atoms. The van der Waals surface area contributed by atoms with E-state index in [0.717, 1.165) is 10.9 Å². The van der Waals surface area contributed by atoms with Gasteiger partial charge in [-0.05, 0) is 12.1 Å². The van der Waals surface area contributed by atoms with Gasteiger partial charge in [-0.2, -0.15) is 0 Å². The van der Waals surface area contributed by atoms with Gasteiger partial charge < -0.3 is 15.8 Å². The van der Waals surface area contributed by atoms with Crippen LogP contribution in [0.2, 0.25) is 5.02 Å². The van der Waals surface area contributed by atoms with Crippen LogP contribution in [-0.2, 0) is 4.79 Å². The van der Waals surface area contributed by atoms with Crippen LogP contribution in [-0.4, -0.2) is 16.1 Å². The number of aromatic amines is 1. The number of carbonyl (C=O) groups is 1. The van der Waals surface area contributed by atoms with Crippen molar-refractivity contribution in [1.29, 1.82) is 0 Å². The number of carboxylic acid groups (broad SMARTS) is 1. The van der Waals surface area contributed by atoms with E-state index in [1.54, 1.807) is 18.3 Å². The molecule has 1 aromatic heterocycles. The van der Waals surface area contributed by atoms with Gasteiger partial charge in [0.1, 0.15) is 5.70 Å². The molecule has 2 rings (SSSR count). The molecular formula is C11H9ClN2O2. The number of fused-ring (bicyclic) bond motifs is 1. The van der Waals surface area contributed by atoms with Crippen molar-refractivity contribution >= 4 is 34.5 Å². The van der Waals surface area contributed by atoms with Crippen molar-refractivity contribution in [2.24, 2.45) is 5.73 Å². The highest BCUT2D eigenvalue weighted by atomic mass is 35.5. The smallest absolute Gasteiger partial charge is 0.351 e. The Bertz CT molecular complexity index is 587. The first-order valence-electron chi connectivity index (χ1n) is 4.55. The Labute approximate surface area is 96.3 Å². The summed E-state index contributed by atoms with van der Waals surface area (Å²) in [5.74, 6) is -1.14. The van der Waals surface area contributed by atoms with E-state index in [1.165, 1.54) is 6.08 Å². The average Bonchev–Trinajstić information content (AvgIpc) is 2.63. The first-order valence-corrected chi connectivity index (χ1v) is 4.93. The van der Waals surface area contributed by atoms with Crippen LogP contribution in [0.15, 0.2) is 30.1 Å². The maximum atomic E-state index is 10.6. The molecule has 0 saturated heterocycles. The Morgan fingerprint density at radius 2 is 2.25 bits per heavy atom. The van der Waals surface area contributed by atoms with Crippen molar-refractivity contribution in [2.75, 3.05) is 0 Å². The van der Waals surface area contributed by atoms with Crippen LogP contribution in [0, 0.1) is 0 Å². The van der Waals surface area contributed by atoms with E-state index in [9.17, 15) is 4.79 Å². The molecule has 0 amide bonds. The second-order valence-corrected chi connectivity index (χ2v) is 3.72. The van der Waals surface area contributed by atoms with E-state index < -0.39 is 5.97 Å². The summed E-state index contributed by atoms with van der Waals surface area (Å²) in [6.45, 7) is 0. The van der Waals surface area contributed by atoms with E-state index >= 15 is 0 Å². The van der Waals surface area contributed by atoms with Gasteiger partial charge in [-0.15, -0.1) is 0 Å². The van der Waals surface area contributed by atoms with Gasteiger partial charge in [0.15, 0.2) is 0 Å². The van der Waals surface area contributed by atoms with Gasteiger partial charge >= 0.3 is 5.97 Å². The van der Waals surface area contributed by atoms with Crippen molar-refractivity contribution in [2.45, 2.75) is 0 Å². The van der Waals surface area contributed by atoms with Crippen molar-refractivity contribution < 1.29 is 9.90 Å². The van der Waals surface area contributed by atoms with Crippen molar-refractivity contribution in [3.8, 4) is 0 Å². The number of carboxylic acids is 1. The minimum Gasteiger partial charge on any atom is -0.477 e. The maximum Gasteiger partial charge on any atom is 0.351 e. The fourth-order valence-corrected chi connectivity index (χ4v) is 1.72. The zero-order valence-corrected chi connectivity index (χ0v) is 8.95. The Morgan fingerprint density at radius 1 is 1.50 bits per heavy atom. The highest BCUT2D eigenvalue weighted by Crippen LogP contribution is 2.26. The number of nitrogens with one attached hydrogen (secondary N) is 1. The fourth-order valence-electron chi connectivity index (χ4n) is 1.49. The molecule has 0 aliphatic heterocycles. The first-order chi connectivity index (χ1) is 7.59. The van der Waals surface area contributed by atoms with Crippen LogP contribution < -0.4 is 5.73 Å². The zero-order valence-electron chi connectivity index (χ0n) is 8.20. The van der Waals surface area contributed by atoms with E-state index in [0.29, 0.717) is 10.6 Å². The van der Waals surface area contributed by atoms with Gasteiger partial charge in [0.2, 0.25) is 0 Å². The minimum atomic E-state index is -1.14. The van der Waals surface area contributed by atoms with Crippen LogP contribution in [0.1, 0.15) is 5.56 Å². The topological polar surface area (TPSA) is 79.1 Å². The third-order valence-electron chi connectivity index (χ3n) is 2.25. The molecular weight excluding hydrogens is 228 g/mol. The Balaban J connectivity index is 2.59. The Morgan fingerprint density at radius 3 is 2.94 bits per heavy atom. The fraction of sp³-hybridized carbons (Fsp3) is 0. The summed E-state index contributed by atoms with van der Waals surface area (Å²) < 4.78 is 0. The van der Waals surface area contributed by atoms with Crippen LogP contribution in [0.25, 0.3) is 17.0 Å². The number of H-pyrrole nitrogens is 1. The molecule has 82 valence electrons. The lowest BCUT2D eigenvalue weighted by atomic mass is 10.1. The summed E-state index contributed by atoms with van der Waals surface area (Å²) in [7, 11) is 0. The molecule has 16 heavy (non-hydrogen) atoms. The van der Waals surface area contributed by atoms with Gasteiger partial charge in [-0.3, -0.25) is 0 Å². The van der Waals surface area contributed by atoms with Crippen LogP contribution >= 0.6 is 11.6 Å². The average molecular weight is 237 g/mol. The summed E-state index contributed by atoms with van der Waals surface area (Å²) in [5.41, 5.74) is 6.62. The molecule has 1 aromatic carbocycles.